The third-order valence-corrected chi connectivity index (χ3v) is 4.05. The minimum Gasteiger partial charge on any atom is -0.343 e. The van der Waals surface area contributed by atoms with Crippen molar-refractivity contribution in [2.75, 3.05) is 13.1 Å². The zero-order valence-electron chi connectivity index (χ0n) is 11.7. The number of hydrogen-bond donors (Lipinski definition) is 1. The normalized spacial score (nSPS) is 17.4. The second-order valence-electron chi connectivity index (χ2n) is 5.07. The van der Waals surface area contributed by atoms with Crippen LogP contribution in [-0.4, -0.2) is 35.8 Å². The molecule has 21 heavy (non-hydrogen) atoms. The summed E-state index contributed by atoms with van der Waals surface area (Å²) in [5.41, 5.74) is 1.55. The van der Waals surface area contributed by atoms with Crippen LogP contribution in [0.5, 0.6) is 0 Å². The standard InChI is InChI=1S/C15H16IN3O2/c1-10-5-11(7-12(16)6-10)15(21)18-9-14(20)19-4-2-3-13(19)8-17/h5-7,13H,2-4,9H2,1H3,(H,18,21). The van der Waals surface area contributed by atoms with E-state index in [1.54, 1.807) is 17.0 Å². The van der Waals surface area contributed by atoms with Gasteiger partial charge in [0.1, 0.15) is 6.04 Å². The Hall–Kier alpha value is -1.62. The molecule has 2 rings (SSSR count). The lowest BCUT2D eigenvalue weighted by Gasteiger charge is -2.19. The first-order chi connectivity index (χ1) is 10.0. The second kappa shape index (κ2) is 6.89. The fourth-order valence-electron chi connectivity index (χ4n) is 2.43. The number of nitriles is 1. The van der Waals surface area contributed by atoms with E-state index < -0.39 is 0 Å². The van der Waals surface area contributed by atoms with Crippen LogP contribution in [0, 0.1) is 21.8 Å². The van der Waals surface area contributed by atoms with Crippen molar-refractivity contribution in [3.63, 3.8) is 0 Å². The first-order valence-electron chi connectivity index (χ1n) is 6.75. The van der Waals surface area contributed by atoms with E-state index in [4.69, 9.17) is 5.26 Å². The Bertz CT molecular complexity index is 589. The quantitative estimate of drug-likeness (QED) is 0.792. The van der Waals surface area contributed by atoms with Gasteiger partial charge in [0.15, 0.2) is 0 Å². The van der Waals surface area contributed by atoms with E-state index in [0.29, 0.717) is 18.5 Å². The fraction of sp³-hybridized carbons (Fsp3) is 0.400. The average molecular weight is 397 g/mol. The van der Waals surface area contributed by atoms with Crippen molar-refractivity contribution in [3.05, 3.63) is 32.9 Å². The van der Waals surface area contributed by atoms with E-state index in [2.05, 4.69) is 34.0 Å². The molecule has 6 heteroatoms. The molecule has 1 heterocycles. The summed E-state index contributed by atoms with van der Waals surface area (Å²) in [5, 5.41) is 11.6. The van der Waals surface area contributed by atoms with E-state index in [-0.39, 0.29) is 24.4 Å². The van der Waals surface area contributed by atoms with Gasteiger partial charge in [-0.25, -0.2) is 0 Å². The summed E-state index contributed by atoms with van der Waals surface area (Å²) < 4.78 is 0.980. The number of likely N-dealkylation sites (tertiary alicyclic amines) is 1. The Morgan fingerprint density at radius 1 is 1.48 bits per heavy atom. The van der Waals surface area contributed by atoms with Gasteiger partial charge in [-0.3, -0.25) is 9.59 Å². The van der Waals surface area contributed by atoms with E-state index >= 15 is 0 Å². The molecule has 1 unspecified atom stereocenters. The third kappa shape index (κ3) is 3.94. The molecule has 1 aromatic rings. The number of rotatable bonds is 3. The van der Waals surface area contributed by atoms with Gasteiger partial charge in [0.2, 0.25) is 5.91 Å². The molecule has 5 nitrogen and oxygen atoms in total. The number of halogens is 1. The Morgan fingerprint density at radius 2 is 2.24 bits per heavy atom. The Labute approximate surface area is 137 Å². The third-order valence-electron chi connectivity index (χ3n) is 3.43. The molecule has 1 atom stereocenters. The van der Waals surface area contributed by atoms with Crippen LogP contribution in [0.2, 0.25) is 0 Å². The van der Waals surface area contributed by atoms with Crippen molar-refractivity contribution in [2.24, 2.45) is 0 Å². The maximum atomic E-state index is 12.1. The molecule has 1 aliphatic rings. The molecular weight excluding hydrogens is 381 g/mol. The lowest BCUT2D eigenvalue weighted by molar-refractivity contribution is -0.130. The topological polar surface area (TPSA) is 73.2 Å². The lowest BCUT2D eigenvalue weighted by atomic mass is 10.1. The van der Waals surface area contributed by atoms with Crippen LogP contribution in [0.4, 0.5) is 0 Å². The van der Waals surface area contributed by atoms with Crippen molar-refractivity contribution < 1.29 is 9.59 Å². The number of nitrogens with one attached hydrogen (secondary N) is 1. The van der Waals surface area contributed by atoms with Crippen LogP contribution in [0.15, 0.2) is 18.2 Å². The summed E-state index contributed by atoms with van der Waals surface area (Å²) in [4.78, 5) is 25.7. The van der Waals surface area contributed by atoms with Crippen LogP contribution in [0.25, 0.3) is 0 Å². The average Bonchev–Trinajstić information content (AvgIpc) is 2.91. The molecule has 1 N–H and O–H groups in total. The highest BCUT2D eigenvalue weighted by atomic mass is 127. The predicted molar refractivity (Wildman–Crippen MR) is 86.6 cm³/mol. The van der Waals surface area contributed by atoms with Gasteiger partial charge in [0.25, 0.3) is 5.91 Å². The number of benzene rings is 1. The summed E-state index contributed by atoms with van der Waals surface area (Å²) >= 11 is 2.15. The molecule has 0 spiro atoms. The van der Waals surface area contributed by atoms with Gasteiger partial charge in [-0.1, -0.05) is 0 Å². The highest BCUT2D eigenvalue weighted by Gasteiger charge is 2.28. The molecule has 1 aromatic carbocycles. The van der Waals surface area contributed by atoms with Gasteiger partial charge in [0.05, 0.1) is 12.6 Å². The van der Waals surface area contributed by atoms with Crippen LogP contribution in [0.3, 0.4) is 0 Å². The number of aryl methyl sites for hydroxylation is 1. The first kappa shape index (κ1) is 15.8. The Morgan fingerprint density at radius 3 is 2.90 bits per heavy atom. The summed E-state index contributed by atoms with van der Waals surface area (Å²) in [7, 11) is 0. The highest BCUT2D eigenvalue weighted by Crippen LogP contribution is 2.16. The van der Waals surface area contributed by atoms with E-state index in [0.717, 1.165) is 15.6 Å². The summed E-state index contributed by atoms with van der Waals surface area (Å²) in [6, 6.07) is 7.31. The van der Waals surface area contributed by atoms with Crippen molar-refractivity contribution in [2.45, 2.75) is 25.8 Å². The molecule has 0 bridgehead atoms. The minimum atomic E-state index is -0.352. The van der Waals surface area contributed by atoms with Gasteiger partial charge in [0, 0.05) is 15.7 Å². The summed E-state index contributed by atoms with van der Waals surface area (Å²) in [5.74, 6) is -0.465. The Balaban J connectivity index is 1.95. The maximum absolute atomic E-state index is 12.1. The Kier molecular flexibility index (Phi) is 5.17. The van der Waals surface area contributed by atoms with Crippen molar-refractivity contribution in [1.82, 2.24) is 10.2 Å². The van der Waals surface area contributed by atoms with Crippen LogP contribution in [-0.2, 0) is 4.79 Å². The number of carbonyl (C=O) groups is 2. The molecule has 1 fully saturated rings. The molecule has 110 valence electrons. The van der Waals surface area contributed by atoms with E-state index in [1.807, 2.05) is 13.0 Å². The van der Waals surface area contributed by atoms with Crippen molar-refractivity contribution in [1.29, 1.82) is 5.26 Å². The fourth-order valence-corrected chi connectivity index (χ4v) is 3.25. The molecule has 0 aliphatic carbocycles. The van der Waals surface area contributed by atoms with Crippen molar-refractivity contribution >= 4 is 34.4 Å². The second-order valence-corrected chi connectivity index (χ2v) is 6.32. The number of hydrogen-bond acceptors (Lipinski definition) is 3. The number of nitrogens with zero attached hydrogens (tertiary/aromatic N) is 2. The minimum absolute atomic E-state index is 0.0679. The van der Waals surface area contributed by atoms with Gasteiger partial charge >= 0.3 is 0 Å². The largest absolute Gasteiger partial charge is 0.343 e. The maximum Gasteiger partial charge on any atom is 0.251 e. The molecular formula is C15H16IN3O2. The molecule has 1 aliphatic heterocycles. The number of carbonyl (C=O) groups excluding carboxylic acids is 2. The van der Waals surface area contributed by atoms with Gasteiger partial charge in [-0.2, -0.15) is 5.26 Å². The van der Waals surface area contributed by atoms with Crippen LogP contribution >= 0.6 is 22.6 Å². The number of amides is 2. The molecule has 2 amide bonds. The van der Waals surface area contributed by atoms with Crippen molar-refractivity contribution in [3.8, 4) is 6.07 Å². The van der Waals surface area contributed by atoms with Crippen LogP contribution < -0.4 is 5.32 Å². The van der Waals surface area contributed by atoms with E-state index in [9.17, 15) is 9.59 Å². The van der Waals surface area contributed by atoms with Gasteiger partial charge < -0.3 is 10.2 Å². The highest BCUT2D eigenvalue weighted by molar-refractivity contribution is 14.1. The van der Waals surface area contributed by atoms with E-state index in [1.165, 1.54) is 0 Å². The predicted octanol–water partition coefficient (Wildman–Crippen LogP) is 1.84. The molecule has 0 radical (unpaired) electrons. The molecule has 1 saturated heterocycles. The van der Waals surface area contributed by atoms with Crippen LogP contribution in [0.1, 0.15) is 28.8 Å². The lowest BCUT2D eigenvalue weighted by Crippen LogP contribution is -2.42. The first-order valence-corrected chi connectivity index (χ1v) is 7.83. The smallest absolute Gasteiger partial charge is 0.251 e. The van der Waals surface area contributed by atoms with Gasteiger partial charge in [-0.05, 0) is 66.1 Å². The monoisotopic (exact) mass is 397 g/mol. The molecule has 0 saturated carbocycles. The summed E-state index contributed by atoms with van der Waals surface area (Å²) in [6.07, 6.45) is 1.56. The summed E-state index contributed by atoms with van der Waals surface area (Å²) in [6.45, 7) is 2.45. The van der Waals surface area contributed by atoms with Gasteiger partial charge in [-0.15, -0.1) is 0 Å². The molecule has 0 aromatic heterocycles. The zero-order valence-corrected chi connectivity index (χ0v) is 13.9. The SMILES string of the molecule is Cc1cc(I)cc(C(=O)NCC(=O)N2CCCC2C#N)c1. The zero-order chi connectivity index (χ0) is 15.4.